The summed E-state index contributed by atoms with van der Waals surface area (Å²) in [6.45, 7) is 5.81. The molecule has 1 aromatic heterocycles. The summed E-state index contributed by atoms with van der Waals surface area (Å²) in [4.78, 5) is 16.5. The molecule has 5 heteroatoms. The van der Waals surface area contributed by atoms with Crippen LogP contribution in [0.2, 0.25) is 5.02 Å². The zero-order chi connectivity index (χ0) is 15.4. The van der Waals surface area contributed by atoms with Gasteiger partial charge in [-0.05, 0) is 44.0 Å². The highest BCUT2D eigenvalue weighted by atomic mass is 35.5. The number of aryl methyl sites for hydroxylation is 2. The predicted molar refractivity (Wildman–Crippen MR) is 89.1 cm³/mol. The van der Waals surface area contributed by atoms with Crippen molar-refractivity contribution in [2.45, 2.75) is 31.0 Å². The molecular weight excluding hydrogens is 304 g/mol. The van der Waals surface area contributed by atoms with Gasteiger partial charge in [0.2, 0.25) is 5.91 Å². The minimum absolute atomic E-state index is 0.0564. The fourth-order valence-corrected chi connectivity index (χ4v) is 2.97. The number of hydrogen-bond donors (Lipinski definition) is 1. The lowest BCUT2D eigenvalue weighted by atomic mass is 10.1. The molecule has 1 amide bonds. The quantitative estimate of drug-likeness (QED) is 0.845. The summed E-state index contributed by atoms with van der Waals surface area (Å²) >= 11 is 7.42. The van der Waals surface area contributed by atoms with Crippen molar-refractivity contribution in [2.24, 2.45) is 0 Å². The first-order valence-corrected chi connectivity index (χ1v) is 7.89. The maximum atomic E-state index is 12.3. The van der Waals surface area contributed by atoms with Gasteiger partial charge in [-0.3, -0.25) is 4.79 Å². The molecule has 0 aliphatic heterocycles. The normalized spacial score (nSPS) is 12.0. The molecule has 21 heavy (non-hydrogen) atoms. The van der Waals surface area contributed by atoms with Crippen molar-refractivity contribution < 1.29 is 4.79 Å². The predicted octanol–water partition coefficient (Wildman–Crippen LogP) is 4.47. The Morgan fingerprint density at radius 1 is 1.24 bits per heavy atom. The Morgan fingerprint density at radius 3 is 2.52 bits per heavy atom. The topological polar surface area (TPSA) is 42.0 Å². The largest absolute Gasteiger partial charge is 0.325 e. The molecule has 3 nitrogen and oxygen atoms in total. The van der Waals surface area contributed by atoms with E-state index in [4.69, 9.17) is 11.6 Å². The van der Waals surface area contributed by atoms with E-state index in [0.29, 0.717) is 10.0 Å². The number of amides is 1. The van der Waals surface area contributed by atoms with Gasteiger partial charge in [-0.1, -0.05) is 41.6 Å². The highest BCUT2D eigenvalue weighted by molar-refractivity contribution is 8.00. The third-order valence-electron chi connectivity index (χ3n) is 3.11. The molecular formula is C16H17ClN2OS. The van der Waals surface area contributed by atoms with Crippen LogP contribution in [0.5, 0.6) is 0 Å². The van der Waals surface area contributed by atoms with Gasteiger partial charge in [0.1, 0.15) is 5.03 Å². The molecule has 2 rings (SSSR count). The van der Waals surface area contributed by atoms with E-state index in [1.54, 1.807) is 18.3 Å². The van der Waals surface area contributed by atoms with Gasteiger partial charge in [0, 0.05) is 11.9 Å². The van der Waals surface area contributed by atoms with E-state index in [2.05, 4.69) is 10.3 Å². The third-order valence-corrected chi connectivity index (χ3v) is 4.64. The number of aromatic nitrogens is 1. The fraction of sp³-hybridized carbons (Fsp3) is 0.250. The minimum atomic E-state index is -0.281. The fourth-order valence-electron chi connectivity index (χ4n) is 1.92. The molecule has 1 N–H and O–H groups in total. The highest BCUT2D eigenvalue weighted by Crippen LogP contribution is 2.29. The Labute approximate surface area is 134 Å². The second-order valence-corrected chi connectivity index (χ2v) is 6.54. The Bertz CT molecular complexity index is 640. The number of nitrogens with zero attached hydrogens (tertiary/aromatic N) is 1. The van der Waals surface area contributed by atoms with Crippen LogP contribution in [-0.2, 0) is 4.79 Å². The van der Waals surface area contributed by atoms with Crippen molar-refractivity contribution in [2.75, 3.05) is 5.32 Å². The molecule has 1 aromatic carbocycles. The average Bonchev–Trinajstić information content (AvgIpc) is 2.45. The molecule has 110 valence electrons. The van der Waals surface area contributed by atoms with Crippen molar-refractivity contribution in [1.29, 1.82) is 0 Å². The monoisotopic (exact) mass is 320 g/mol. The van der Waals surface area contributed by atoms with E-state index in [9.17, 15) is 4.79 Å². The third kappa shape index (κ3) is 3.99. The number of thioether (sulfide) groups is 1. The molecule has 2 aromatic rings. The maximum Gasteiger partial charge on any atom is 0.237 e. The minimum Gasteiger partial charge on any atom is -0.325 e. The van der Waals surface area contributed by atoms with Crippen LogP contribution in [0.3, 0.4) is 0 Å². The van der Waals surface area contributed by atoms with Crippen molar-refractivity contribution in [3.8, 4) is 0 Å². The van der Waals surface area contributed by atoms with E-state index in [0.717, 1.165) is 16.8 Å². The molecule has 1 atom stereocenters. The summed E-state index contributed by atoms with van der Waals surface area (Å²) in [7, 11) is 0. The van der Waals surface area contributed by atoms with Gasteiger partial charge in [-0.15, -0.1) is 0 Å². The molecule has 0 saturated carbocycles. The lowest BCUT2D eigenvalue weighted by Gasteiger charge is -2.15. The van der Waals surface area contributed by atoms with E-state index < -0.39 is 0 Å². The number of benzene rings is 1. The molecule has 1 heterocycles. The standard InChI is InChI=1S/C16H17ClN2OS/c1-10-6-4-7-11(2)14(10)19-15(20)12(3)21-16-13(17)8-5-9-18-16/h4-9,12H,1-3H3,(H,19,20). The number of nitrogens with one attached hydrogen (secondary N) is 1. The van der Waals surface area contributed by atoms with Gasteiger partial charge in [0.05, 0.1) is 10.3 Å². The van der Waals surface area contributed by atoms with Gasteiger partial charge in [-0.25, -0.2) is 4.98 Å². The Kier molecular flexibility index (Phi) is 5.26. The van der Waals surface area contributed by atoms with Crippen molar-refractivity contribution in [3.63, 3.8) is 0 Å². The van der Waals surface area contributed by atoms with Gasteiger partial charge in [0.25, 0.3) is 0 Å². The second kappa shape index (κ2) is 6.96. The van der Waals surface area contributed by atoms with Crippen molar-refractivity contribution >= 4 is 35.0 Å². The molecule has 0 saturated heterocycles. The number of rotatable bonds is 4. The van der Waals surface area contributed by atoms with Gasteiger partial charge < -0.3 is 5.32 Å². The molecule has 0 aliphatic rings. The van der Waals surface area contributed by atoms with E-state index in [1.807, 2.05) is 39.0 Å². The Balaban J connectivity index is 2.08. The maximum absolute atomic E-state index is 12.3. The zero-order valence-corrected chi connectivity index (χ0v) is 13.8. The first-order chi connectivity index (χ1) is 9.99. The molecule has 0 fully saturated rings. The number of hydrogen-bond acceptors (Lipinski definition) is 3. The molecule has 1 unspecified atom stereocenters. The second-order valence-electron chi connectivity index (χ2n) is 4.81. The zero-order valence-electron chi connectivity index (χ0n) is 12.2. The molecule has 0 bridgehead atoms. The number of carbonyl (C=O) groups excluding carboxylic acids is 1. The van der Waals surface area contributed by atoms with Crippen LogP contribution < -0.4 is 5.32 Å². The van der Waals surface area contributed by atoms with Gasteiger partial charge in [0.15, 0.2) is 0 Å². The Hall–Kier alpha value is -1.52. The average molecular weight is 321 g/mol. The summed E-state index contributed by atoms with van der Waals surface area (Å²) < 4.78 is 0. The van der Waals surface area contributed by atoms with Crippen molar-refractivity contribution in [1.82, 2.24) is 4.98 Å². The summed E-state index contributed by atoms with van der Waals surface area (Å²) in [6.07, 6.45) is 1.67. The SMILES string of the molecule is Cc1cccc(C)c1NC(=O)C(C)Sc1ncccc1Cl. The number of para-hydroxylation sites is 1. The summed E-state index contributed by atoms with van der Waals surface area (Å²) in [5, 5.41) is 3.94. The van der Waals surface area contributed by atoms with E-state index in [1.165, 1.54) is 11.8 Å². The lowest BCUT2D eigenvalue weighted by Crippen LogP contribution is -2.23. The number of pyridine rings is 1. The first-order valence-electron chi connectivity index (χ1n) is 6.63. The summed E-state index contributed by atoms with van der Waals surface area (Å²) in [5.41, 5.74) is 2.98. The summed E-state index contributed by atoms with van der Waals surface area (Å²) in [6, 6.07) is 9.49. The van der Waals surface area contributed by atoms with E-state index >= 15 is 0 Å². The number of halogens is 1. The molecule has 0 radical (unpaired) electrons. The van der Waals surface area contributed by atoms with Crippen LogP contribution >= 0.6 is 23.4 Å². The van der Waals surface area contributed by atoms with Crippen LogP contribution in [0.15, 0.2) is 41.6 Å². The Morgan fingerprint density at radius 2 is 1.90 bits per heavy atom. The number of anilines is 1. The van der Waals surface area contributed by atoms with Crippen LogP contribution in [0.1, 0.15) is 18.1 Å². The molecule has 0 aliphatic carbocycles. The van der Waals surface area contributed by atoms with Crippen LogP contribution in [0.4, 0.5) is 5.69 Å². The van der Waals surface area contributed by atoms with Crippen LogP contribution in [0.25, 0.3) is 0 Å². The van der Waals surface area contributed by atoms with Gasteiger partial charge >= 0.3 is 0 Å². The molecule has 0 spiro atoms. The van der Waals surface area contributed by atoms with Crippen molar-refractivity contribution in [3.05, 3.63) is 52.7 Å². The summed E-state index contributed by atoms with van der Waals surface area (Å²) in [5.74, 6) is -0.0564. The van der Waals surface area contributed by atoms with E-state index in [-0.39, 0.29) is 11.2 Å². The van der Waals surface area contributed by atoms with Gasteiger partial charge in [-0.2, -0.15) is 0 Å². The van der Waals surface area contributed by atoms with Crippen LogP contribution in [0, 0.1) is 13.8 Å². The number of carbonyl (C=O) groups is 1. The lowest BCUT2D eigenvalue weighted by molar-refractivity contribution is -0.115. The van der Waals surface area contributed by atoms with Crippen LogP contribution in [-0.4, -0.2) is 16.1 Å². The highest BCUT2D eigenvalue weighted by Gasteiger charge is 2.18. The first kappa shape index (κ1) is 15.9. The smallest absolute Gasteiger partial charge is 0.237 e.